The zero-order chi connectivity index (χ0) is 24.5. The number of halogens is 2. The fourth-order valence-corrected chi connectivity index (χ4v) is 3.00. The molecule has 3 aromatic carbocycles. The van der Waals surface area contributed by atoms with Crippen LogP contribution >= 0.6 is 11.6 Å². The molecule has 0 aliphatic heterocycles. The van der Waals surface area contributed by atoms with Gasteiger partial charge in [-0.05, 0) is 48.0 Å². The zero-order valence-corrected chi connectivity index (χ0v) is 19.1. The number of nitrogens with one attached hydrogen (secondary N) is 2. The van der Waals surface area contributed by atoms with Crippen LogP contribution in [0, 0.1) is 5.82 Å². The van der Waals surface area contributed by atoms with Gasteiger partial charge in [0, 0.05) is 10.6 Å². The van der Waals surface area contributed by atoms with Crippen molar-refractivity contribution in [3.8, 4) is 17.2 Å². The molecule has 3 aromatic rings. The number of nitrogens with zero attached hydrogens (tertiary/aromatic N) is 1. The summed E-state index contributed by atoms with van der Waals surface area (Å²) in [4.78, 5) is 24.2. The van der Waals surface area contributed by atoms with Crippen molar-refractivity contribution < 1.29 is 28.2 Å². The molecule has 0 fully saturated rings. The van der Waals surface area contributed by atoms with Gasteiger partial charge in [0.05, 0.1) is 26.1 Å². The number of rotatable bonds is 8. The van der Waals surface area contributed by atoms with Crippen molar-refractivity contribution in [2.24, 2.45) is 5.10 Å². The van der Waals surface area contributed by atoms with Crippen molar-refractivity contribution in [1.82, 2.24) is 5.43 Å². The minimum Gasteiger partial charge on any atom is -0.495 e. The lowest BCUT2D eigenvalue weighted by Gasteiger charge is -2.11. The fourth-order valence-electron chi connectivity index (χ4n) is 2.83. The Morgan fingerprint density at radius 2 is 1.71 bits per heavy atom. The molecule has 8 nitrogen and oxygen atoms in total. The lowest BCUT2D eigenvalue weighted by Crippen LogP contribution is -2.32. The van der Waals surface area contributed by atoms with Crippen LogP contribution in [0.4, 0.5) is 10.1 Å². The highest BCUT2D eigenvalue weighted by molar-refractivity contribution is 6.40. The van der Waals surface area contributed by atoms with Crippen LogP contribution in [0.15, 0.2) is 65.8 Å². The summed E-state index contributed by atoms with van der Waals surface area (Å²) in [5.41, 5.74) is 3.36. The van der Waals surface area contributed by atoms with Crippen LogP contribution in [0.25, 0.3) is 0 Å². The van der Waals surface area contributed by atoms with Crippen LogP contribution in [0.5, 0.6) is 17.2 Å². The Morgan fingerprint density at radius 1 is 0.971 bits per heavy atom. The predicted molar refractivity (Wildman–Crippen MR) is 126 cm³/mol. The Labute approximate surface area is 200 Å². The topological polar surface area (TPSA) is 98.2 Å². The molecule has 0 unspecified atom stereocenters. The van der Waals surface area contributed by atoms with Crippen LogP contribution in [-0.2, 0) is 16.2 Å². The third-order valence-corrected chi connectivity index (χ3v) is 4.76. The summed E-state index contributed by atoms with van der Waals surface area (Å²) in [6.45, 7) is 0.0268. The molecule has 2 amide bonds. The van der Waals surface area contributed by atoms with E-state index in [9.17, 15) is 14.0 Å². The maximum atomic E-state index is 13.8. The molecule has 0 heterocycles. The number of hydrazone groups is 1. The van der Waals surface area contributed by atoms with Crippen molar-refractivity contribution >= 4 is 35.3 Å². The maximum absolute atomic E-state index is 13.8. The number of carbonyl (C=O) groups is 2. The number of anilines is 1. The molecule has 10 heteroatoms. The van der Waals surface area contributed by atoms with Crippen LogP contribution in [-0.4, -0.2) is 32.2 Å². The first-order chi connectivity index (χ1) is 16.4. The summed E-state index contributed by atoms with van der Waals surface area (Å²) in [7, 11) is 2.89. The number of ether oxygens (including phenoxy) is 3. The number of methoxy groups -OCH3 is 2. The lowest BCUT2D eigenvalue weighted by atomic mass is 10.2. The maximum Gasteiger partial charge on any atom is 0.329 e. The Bertz CT molecular complexity index is 1220. The molecule has 0 aliphatic carbocycles. The summed E-state index contributed by atoms with van der Waals surface area (Å²) in [5.74, 6) is -1.17. The highest BCUT2D eigenvalue weighted by atomic mass is 35.5. The van der Waals surface area contributed by atoms with E-state index in [-0.39, 0.29) is 18.1 Å². The lowest BCUT2D eigenvalue weighted by molar-refractivity contribution is -0.136. The van der Waals surface area contributed by atoms with Crippen LogP contribution in [0.2, 0.25) is 5.02 Å². The van der Waals surface area contributed by atoms with E-state index in [0.29, 0.717) is 33.4 Å². The minimum absolute atomic E-state index is 0.0268. The molecule has 0 radical (unpaired) electrons. The second-order valence-corrected chi connectivity index (χ2v) is 7.22. The summed E-state index contributed by atoms with van der Waals surface area (Å²) in [6, 6.07) is 15.8. The molecule has 0 saturated carbocycles. The average molecular weight is 486 g/mol. The summed E-state index contributed by atoms with van der Waals surface area (Å²) >= 11 is 5.92. The smallest absolute Gasteiger partial charge is 0.329 e. The van der Waals surface area contributed by atoms with Gasteiger partial charge in [-0.3, -0.25) is 9.59 Å². The third kappa shape index (κ3) is 6.46. The van der Waals surface area contributed by atoms with Gasteiger partial charge in [-0.15, -0.1) is 0 Å². The number of hydrogen-bond acceptors (Lipinski definition) is 6. The Balaban J connectivity index is 1.59. The van der Waals surface area contributed by atoms with Gasteiger partial charge in [0.2, 0.25) is 0 Å². The average Bonchev–Trinajstić information content (AvgIpc) is 2.84. The largest absolute Gasteiger partial charge is 0.495 e. The number of carbonyl (C=O) groups excluding carboxylic acids is 2. The van der Waals surface area contributed by atoms with E-state index in [0.717, 1.165) is 0 Å². The van der Waals surface area contributed by atoms with Crippen LogP contribution in [0.3, 0.4) is 0 Å². The molecule has 0 saturated heterocycles. The minimum atomic E-state index is -0.991. The quantitative estimate of drug-likeness (QED) is 0.283. The fraction of sp³-hybridized carbons (Fsp3) is 0.125. The molecule has 2 N–H and O–H groups in total. The van der Waals surface area contributed by atoms with Gasteiger partial charge in [0.15, 0.2) is 11.5 Å². The second kappa shape index (κ2) is 11.7. The van der Waals surface area contributed by atoms with Crippen molar-refractivity contribution in [2.75, 3.05) is 19.5 Å². The molecule has 176 valence electrons. The highest BCUT2D eigenvalue weighted by Gasteiger charge is 2.16. The first kappa shape index (κ1) is 24.5. The summed E-state index contributed by atoms with van der Waals surface area (Å²) in [6.07, 6.45) is 1.33. The first-order valence-corrected chi connectivity index (χ1v) is 10.3. The standard InChI is InChI=1S/C24H21ClFN3O5/c1-32-20-10-8-17(25)12-19(20)28-23(30)24(31)29-27-13-15-7-9-21(22(11-15)33-2)34-14-16-5-3-4-6-18(16)26/h3-13H,14H2,1-2H3,(H,28,30)(H,29,31). The zero-order valence-electron chi connectivity index (χ0n) is 18.3. The van der Waals surface area contributed by atoms with E-state index in [4.69, 9.17) is 25.8 Å². The van der Waals surface area contributed by atoms with E-state index >= 15 is 0 Å². The van der Waals surface area contributed by atoms with Crippen molar-refractivity contribution in [3.63, 3.8) is 0 Å². The number of amides is 2. The van der Waals surface area contributed by atoms with Crippen molar-refractivity contribution in [2.45, 2.75) is 6.61 Å². The van der Waals surface area contributed by atoms with Gasteiger partial charge in [0.25, 0.3) is 0 Å². The Hall–Kier alpha value is -4.11. The molecule has 0 aliphatic rings. The van der Waals surface area contributed by atoms with Gasteiger partial charge < -0.3 is 19.5 Å². The predicted octanol–water partition coefficient (Wildman–Crippen LogP) is 4.16. The van der Waals surface area contributed by atoms with E-state index in [1.165, 1.54) is 32.6 Å². The van der Waals surface area contributed by atoms with Crippen LogP contribution < -0.4 is 25.0 Å². The molecule has 0 atom stereocenters. The normalized spacial score (nSPS) is 10.6. The molecule has 0 bridgehead atoms. The molecule has 3 rings (SSSR count). The number of benzene rings is 3. The SMILES string of the molecule is COc1ccc(Cl)cc1NC(=O)C(=O)NN=Cc1ccc(OCc2ccccc2F)c(OC)c1. The monoisotopic (exact) mass is 485 g/mol. The Morgan fingerprint density at radius 3 is 2.44 bits per heavy atom. The van der Waals surface area contributed by atoms with Crippen molar-refractivity contribution in [3.05, 3.63) is 82.6 Å². The van der Waals surface area contributed by atoms with E-state index in [1.807, 2.05) is 0 Å². The van der Waals surface area contributed by atoms with Gasteiger partial charge in [-0.2, -0.15) is 5.10 Å². The van der Waals surface area contributed by atoms with E-state index < -0.39 is 11.8 Å². The second-order valence-electron chi connectivity index (χ2n) is 6.79. The van der Waals surface area contributed by atoms with Crippen molar-refractivity contribution in [1.29, 1.82) is 0 Å². The molecule has 34 heavy (non-hydrogen) atoms. The van der Waals surface area contributed by atoms with Gasteiger partial charge >= 0.3 is 11.8 Å². The molecule has 0 spiro atoms. The van der Waals surface area contributed by atoms with Gasteiger partial charge in [-0.1, -0.05) is 29.8 Å². The van der Waals surface area contributed by atoms with Gasteiger partial charge in [0.1, 0.15) is 18.2 Å². The molecular weight excluding hydrogens is 465 g/mol. The first-order valence-electron chi connectivity index (χ1n) is 9.93. The summed E-state index contributed by atoms with van der Waals surface area (Å²) in [5, 5.41) is 6.56. The number of hydrogen-bond donors (Lipinski definition) is 2. The van der Waals surface area contributed by atoms with E-state index in [1.54, 1.807) is 48.5 Å². The van der Waals surface area contributed by atoms with Gasteiger partial charge in [-0.25, -0.2) is 9.82 Å². The highest BCUT2D eigenvalue weighted by Crippen LogP contribution is 2.29. The molecular formula is C24H21ClFN3O5. The van der Waals surface area contributed by atoms with Crippen LogP contribution in [0.1, 0.15) is 11.1 Å². The molecule has 0 aromatic heterocycles. The third-order valence-electron chi connectivity index (χ3n) is 4.52. The Kier molecular flexibility index (Phi) is 8.42. The summed E-state index contributed by atoms with van der Waals surface area (Å²) < 4.78 is 29.9. The van der Waals surface area contributed by atoms with E-state index in [2.05, 4.69) is 15.8 Å².